The third-order valence-electron chi connectivity index (χ3n) is 3.22. The van der Waals surface area contributed by atoms with Crippen LogP contribution in [0.4, 0.5) is 0 Å². The SMILES string of the molecule is Cn1nccc1CCC(=O)N[C@@H](C(=O)O)c1ccccc1. The minimum absolute atomic E-state index is 0.218. The Bertz CT molecular complexity index is 622. The highest BCUT2D eigenvalue weighted by Crippen LogP contribution is 2.13. The molecule has 1 atom stereocenters. The largest absolute Gasteiger partial charge is 0.479 e. The van der Waals surface area contributed by atoms with Crippen molar-refractivity contribution >= 4 is 11.9 Å². The van der Waals surface area contributed by atoms with Crippen molar-refractivity contribution in [2.24, 2.45) is 7.05 Å². The summed E-state index contributed by atoms with van der Waals surface area (Å²) in [5, 5.41) is 15.8. The molecule has 21 heavy (non-hydrogen) atoms. The first-order valence-electron chi connectivity index (χ1n) is 6.62. The van der Waals surface area contributed by atoms with Gasteiger partial charge in [-0.3, -0.25) is 9.48 Å². The molecule has 1 aromatic carbocycles. The number of hydrogen-bond acceptors (Lipinski definition) is 3. The van der Waals surface area contributed by atoms with Crippen LogP contribution in [-0.4, -0.2) is 26.8 Å². The molecule has 1 heterocycles. The maximum Gasteiger partial charge on any atom is 0.330 e. The number of aryl methyl sites for hydroxylation is 2. The highest BCUT2D eigenvalue weighted by Gasteiger charge is 2.21. The van der Waals surface area contributed by atoms with E-state index in [1.165, 1.54) is 0 Å². The van der Waals surface area contributed by atoms with Gasteiger partial charge in [-0.1, -0.05) is 30.3 Å². The number of nitrogens with one attached hydrogen (secondary N) is 1. The van der Waals surface area contributed by atoms with Gasteiger partial charge in [0.25, 0.3) is 0 Å². The first-order chi connectivity index (χ1) is 10.1. The second kappa shape index (κ2) is 6.69. The summed E-state index contributed by atoms with van der Waals surface area (Å²) in [6.45, 7) is 0. The summed E-state index contributed by atoms with van der Waals surface area (Å²) >= 11 is 0. The number of nitrogens with zero attached hydrogens (tertiary/aromatic N) is 2. The summed E-state index contributed by atoms with van der Waals surface area (Å²) in [4.78, 5) is 23.2. The zero-order valence-corrected chi connectivity index (χ0v) is 11.7. The van der Waals surface area contributed by atoms with Crippen LogP contribution in [-0.2, 0) is 23.1 Å². The van der Waals surface area contributed by atoms with Crippen LogP contribution in [0.2, 0.25) is 0 Å². The normalized spacial score (nSPS) is 11.9. The molecule has 6 heteroatoms. The van der Waals surface area contributed by atoms with Crippen LogP contribution in [0.25, 0.3) is 0 Å². The molecule has 2 rings (SSSR count). The fraction of sp³-hybridized carbons (Fsp3) is 0.267. The Labute approximate surface area is 122 Å². The van der Waals surface area contributed by atoms with Gasteiger partial charge in [0.2, 0.25) is 5.91 Å². The summed E-state index contributed by atoms with van der Waals surface area (Å²) in [6, 6.07) is 9.46. The summed E-state index contributed by atoms with van der Waals surface area (Å²) < 4.78 is 1.69. The molecule has 6 nitrogen and oxygen atoms in total. The third kappa shape index (κ3) is 3.92. The van der Waals surface area contributed by atoms with Gasteiger partial charge in [0, 0.05) is 25.4 Å². The van der Waals surface area contributed by atoms with Crippen molar-refractivity contribution in [2.75, 3.05) is 0 Å². The van der Waals surface area contributed by atoms with Gasteiger partial charge < -0.3 is 10.4 Å². The molecule has 0 radical (unpaired) electrons. The van der Waals surface area contributed by atoms with E-state index in [9.17, 15) is 14.7 Å². The quantitative estimate of drug-likeness (QED) is 0.838. The molecule has 0 aliphatic heterocycles. The smallest absolute Gasteiger partial charge is 0.330 e. The number of rotatable bonds is 6. The van der Waals surface area contributed by atoms with Gasteiger partial charge >= 0.3 is 5.97 Å². The predicted molar refractivity (Wildman–Crippen MR) is 76.5 cm³/mol. The molecule has 2 aromatic rings. The Morgan fingerprint density at radius 2 is 2.00 bits per heavy atom. The molecule has 1 aromatic heterocycles. The Kier molecular flexibility index (Phi) is 4.71. The third-order valence-corrected chi connectivity index (χ3v) is 3.22. The van der Waals surface area contributed by atoms with Crippen LogP contribution < -0.4 is 5.32 Å². The maximum atomic E-state index is 11.9. The summed E-state index contributed by atoms with van der Waals surface area (Å²) in [7, 11) is 1.80. The van der Waals surface area contributed by atoms with E-state index in [2.05, 4.69) is 10.4 Å². The lowest BCUT2D eigenvalue weighted by Crippen LogP contribution is -2.33. The first kappa shape index (κ1) is 14.8. The van der Waals surface area contributed by atoms with Gasteiger partial charge in [0.1, 0.15) is 0 Å². The molecular weight excluding hydrogens is 270 g/mol. The van der Waals surface area contributed by atoms with Crippen LogP contribution in [0.15, 0.2) is 42.6 Å². The van der Waals surface area contributed by atoms with Crippen LogP contribution in [0.3, 0.4) is 0 Å². The molecule has 0 aliphatic rings. The Balaban J connectivity index is 1.96. The van der Waals surface area contributed by atoms with Gasteiger partial charge in [-0.05, 0) is 18.1 Å². The van der Waals surface area contributed by atoms with Gasteiger partial charge in [-0.2, -0.15) is 5.10 Å². The zero-order chi connectivity index (χ0) is 15.2. The summed E-state index contributed by atoms with van der Waals surface area (Å²) in [6.07, 6.45) is 2.40. The number of aliphatic carboxylic acids is 1. The molecule has 0 aliphatic carbocycles. The second-order valence-corrected chi connectivity index (χ2v) is 4.70. The molecule has 1 amide bonds. The van der Waals surface area contributed by atoms with Crippen LogP contribution in [0, 0.1) is 0 Å². The van der Waals surface area contributed by atoms with Crippen LogP contribution >= 0.6 is 0 Å². The van der Waals surface area contributed by atoms with E-state index in [4.69, 9.17) is 0 Å². The molecule has 0 fully saturated rings. The first-order valence-corrected chi connectivity index (χ1v) is 6.62. The number of carboxylic acids is 1. The topological polar surface area (TPSA) is 84.2 Å². The van der Waals surface area contributed by atoms with E-state index in [0.717, 1.165) is 5.69 Å². The molecule has 0 spiro atoms. The molecule has 2 N–H and O–H groups in total. The van der Waals surface area contributed by atoms with Crippen LogP contribution in [0.1, 0.15) is 23.7 Å². The summed E-state index contributed by atoms with van der Waals surface area (Å²) in [5.74, 6) is -1.37. The number of hydrogen-bond donors (Lipinski definition) is 2. The summed E-state index contributed by atoms with van der Waals surface area (Å²) in [5.41, 5.74) is 1.48. The van der Waals surface area contributed by atoms with Crippen molar-refractivity contribution < 1.29 is 14.7 Å². The van der Waals surface area contributed by atoms with Crippen molar-refractivity contribution in [3.8, 4) is 0 Å². The molecule has 0 bridgehead atoms. The maximum absolute atomic E-state index is 11.9. The van der Waals surface area contributed by atoms with E-state index in [-0.39, 0.29) is 12.3 Å². The Morgan fingerprint density at radius 1 is 1.29 bits per heavy atom. The predicted octanol–water partition coefficient (Wildman–Crippen LogP) is 1.29. The van der Waals surface area contributed by atoms with Gasteiger partial charge in [-0.25, -0.2) is 4.79 Å². The fourth-order valence-corrected chi connectivity index (χ4v) is 2.05. The lowest BCUT2D eigenvalue weighted by atomic mass is 10.1. The molecule has 0 saturated carbocycles. The number of carboxylic acid groups (broad SMARTS) is 1. The Morgan fingerprint density at radius 3 is 2.57 bits per heavy atom. The highest BCUT2D eigenvalue weighted by atomic mass is 16.4. The highest BCUT2D eigenvalue weighted by molar-refractivity contribution is 5.84. The number of benzene rings is 1. The minimum Gasteiger partial charge on any atom is -0.479 e. The van der Waals surface area contributed by atoms with Gasteiger partial charge in [0.15, 0.2) is 6.04 Å². The minimum atomic E-state index is -1.07. The van der Waals surface area contributed by atoms with Crippen molar-refractivity contribution in [3.05, 3.63) is 53.9 Å². The monoisotopic (exact) mass is 287 g/mol. The lowest BCUT2D eigenvalue weighted by Gasteiger charge is -2.14. The standard InChI is InChI=1S/C15H17N3O3/c1-18-12(9-10-16-18)7-8-13(19)17-14(15(20)21)11-5-3-2-4-6-11/h2-6,9-10,14H,7-8H2,1H3,(H,17,19)(H,20,21)/t14-/m1/s1. The van der Waals surface area contributed by atoms with Gasteiger partial charge in [-0.15, -0.1) is 0 Å². The van der Waals surface area contributed by atoms with Crippen molar-refractivity contribution in [1.29, 1.82) is 0 Å². The number of aromatic nitrogens is 2. The molecule has 110 valence electrons. The number of carbonyl (C=O) groups is 2. The van der Waals surface area contributed by atoms with Crippen molar-refractivity contribution in [3.63, 3.8) is 0 Å². The molecule has 0 unspecified atom stereocenters. The van der Waals surface area contributed by atoms with E-state index in [1.54, 1.807) is 48.3 Å². The Hall–Kier alpha value is -2.63. The average molecular weight is 287 g/mol. The van der Waals surface area contributed by atoms with Crippen molar-refractivity contribution in [1.82, 2.24) is 15.1 Å². The molecular formula is C15H17N3O3. The van der Waals surface area contributed by atoms with Gasteiger partial charge in [0.05, 0.1) is 0 Å². The van der Waals surface area contributed by atoms with Crippen molar-refractivity contribution in [2.45, 2.75) is 18.9 Å². The van der Waals surface area contributed by atoms with E-state index >= 15 is 0 Å². The average Bonchev–Trinajstić information content (AvgIpc) is 2.88. The molecule has 0 saturated heterocycles. The van der Waals surface area contributed by atoms with E-state index in [1.807, 2.05) is 6.07 Å². The lowest BCUT2D eigenvalue weighted by molar-refractivity contribution is -0.142. The number of amides is 1. The fourth-order valence-electron chi connectivity index (χ4n) is 2.05. The second-order valence-electron chi connectivity index (χ2n) is 4.70. The zero-order valence-electron chi connectivity index (χ0n) is 11.7. The van der Waals surface area contributed by atoms with Crippen LogP contribution in [0.5, 0.6) is 0 Å². The number of carbonyl (C=O) groups excluding carboxylic acids is 1. The van der Waals surface area contributed by atoms with E-state index in [0.29, 0.717) is 12.0 Å². The van der Waals surface area contributed by atoms with E-state index < -0.39 is 12.0 Å².